The van der Waals surface area contributed by atoms with E-state index in [2.05, 4.69) is 58.4 Å². The molecule has 256 valence electrons. The van der Waals surface area contributed by atoms with Crippen LogP contribution in [0.25, 0.3) is 0 Å². The first-order chi connectivity index (χ1) is 23.8. The summed E-state index contributed by atoms with van der Waals surface area (Å²) in [5.74, 6) is 1.58. The highest BCUT2D eigenvalue weighted by Crippen LogP contribution is 2.55. The number of fused-ring (bicyclic) bond motifs is 4. The summed E-state index contributed by atoms with van der Waals surface area (Å²) in [4.78, 5) is 6.18. The number of rotatable bonds is 6. The molecule has 3 fully saturated rings. The SMILES string of the molecule is C1=CCCC(C2=CC=C(N(C3CC=C(C4CCCCC4)CC3)C3CC4C5=CCCC=C5N(C5CCCCC5)C4C4=C3CCCC4)CC2)=C1. The fourth-order valence-electron chi connectivity index (χ4n) is 12.2. The van der Waals surface area contributed by atoms with Crippen LogP contribution in [0.5, 0.6) is 0 Å². The van der Waals surface area contributed by atoms with Crippen molar-refractivity contribution < 1.29 is 0 Å². The number of hydrogen-bond acceptors (Lipinski definition) is 2. The van der Waals surface area contributed by atoms with Gasteiger partial charge in [0.1, 0.15) is 0 Å². The van der Waals surface area contributed by atoms with Crippen LogP contribution in [0.1, 0.15) is 154 Å². The summed E-state index contributed by atoms with van der Waals surface area (Å²) in [7, 11) is 0. The van der Waals surface area contributed by atoms with Gasteiger partial charge in [0, 0.05) is 29.4 Å². The average Bonchev–Trinajstić information content (AvgIpc) is 3.51. The quantitative estimate of drug-likeness (QED) is 0.266. The Bertz CT molecular complexity index is 1480. The van der Waals surface area contributed by atoms with Gasteiger partial charge in [0.25, 0.3) is 0 Å². The number of allylic oxidation sites excluding steroid dienone is 12. The summed E-state index contributed by atoms with van der Waals surface area (Å²) in [5, 5.41) is 0. The van der Waals surface area contributed by atoms with Crippen LogP contribution in [0.15, 0.2) is 93.4 Å². The Kier molecular flexibility index (Phi) is 9.21. The third-order valence-electron chi connectivity index (χ3n) is 14.4. The van der Waals surface area contributed by atoms with Crippen LogP contribution in [0.2, 0.25) is 0 Å². The van der Waals surface area contributed by atoms with E-state index < -0.39 is 0 Å². The minimum Gasteiger partial charge on any atom is -0.365 e. The van der Waals surface area contributed by atoms with Crippen molar-refractivity contribution in [3.05, 3.63) is 93.4 Å². The minimum atomic E-state index is 0.588. The lowest BCUT2D eigenvalue weighted by Crippen LogP contribution is -2.52. The van der Waals surface area contributed by atoms with Crippen LogP contribution in [0.3, 0.4) is 0 Å². The normalized spacial score (nSPS) is 33.0. The molecule has 2 saturated carbocycles. The summed E-state index contributed by atoms with van der Waals surface area (Å²) in [6.07, 6.45) is 53.0. The van der Waals surface area contributed by atoms with Crippen LogP contribution in [-0.4, -0.2) is 34.0 Å². The van der Waals surface area contributed by atoms with Crippen molar-refractivity contribution >= 4 is 0 Å². The second-order valence-electron chi connectivity index (χ2n) is 17.0. The second kappa shape index (κ2) is 14.0. The molecule has 0 N–H and O–H groups in total. The topological polar surface area (TPSA) is 6.48 Å². The van der Waals surface area contributed by atoms with Gasteiger partial charge in [-0.3, -0.25) is 0 Å². The van der Waals surface area contributed by atoms with Gasteiger partial charge < -0.3 is 9.80 Å². The molecule has 4 atom stereocenters. The summed E-state index contributed by atoms with van der Waals surface area (Å²) in [6.45, 7) is 0. The smallest absolute Gasteiger partial charge is 0.0578 e. The fraction of sp³-hybridized carbons (Fsp3) is 0.652. The Morgan fingerprint density at radius 2 is 1.42 bits per heavy atom. The number of nitrogens with zero attached hydrogens (tertiary/aromatic N) is 2. The van der Waals surface area contributed by atoms with Crippen molar-refractivity contribution in [1.29, 1.82) is 0 Å². The van der Waals surface area contributed by atoms with Crippen molar-refractivity contribution in [3.8, 4) is 0 Å². The van der Waals surface area contributed by atoms with Crippen LogP contribution < -0.4 is 0 Å². The standard InChI is InChI=1S/C46H62N2/c1-4-14-33(15-5-1)35-24-28-38(29-25-35)47(39-30-26-36(27-31-39)34-16-6-2-7-17-34)45-32-43-41-21-12-13-23-44(41)48(37-18-8-3-9-19-37)46(43)42-22-11-10-20-40(42)45/h1,4,14,21,23-24,26,28,34,37,39,43,45-46H,2-3,5-13,15-20,22,25,27,29-32H2. The molecule has 9 aliphatic rings. The molecule has 0 amide bonds. The molecule has 0 radical (unpaired) electrons. The maximum atomic E-state index is 3.11. The van der Waals surface area contributed by atoms with E-state index in [0.717, 1.165) is 12.0 Å². The van der Waals surface area contributed by atoms with Crippen LogP contribution in [0.4, 0.5) is 0 Å². The molecule has 1 saturated heterocycles. The predicted octanol–water partition coefficient (Wildman–Crippen LogP) is 12.1. The highest BCUT2D eigenvalue weighted by Gasteiger charge is 2.52. The van der Waals surface area contributed by atoms with Gasteiger partial charge in [-0.2, -0.15) is 0 Å². The lowest BCUT2D eigenvalue weighted by molar-refractivity contribution is 0.116. The van der Waals surface area contributed by atoms with E-state index in [1.54, 1.807) is 28.1 Å². The Balaban J connectivity index is 1.09. The molecule has 0 bridgehead atoms. The maximum Gasteiger partial charge on any atom is 0.0578 e. The van der Waals surface area contributed by atoms with Crippen molar-refractivity contribution in [1.82, 2.24) is 9.80 Å². The Morgan fingerprint density at radius 1 is 0.625 bits per heavy atom. The van der Waals surface area contributed by atoms with E-state index in [-0.39, 0.29) is 0 Å². The summed E-state index contributed by atoms with van der Waals surface area (Å²) in [5.41, 5.74) is 14.0. The fourth-order valence-corrected chi connectivity index (χ4v) is 12.2. The first-order valence-electron chi connectivity index (χ1n) is 21.0. The molecule has 1 heterocycles. The largest absolute Gasteiger partial charge is 0.365 e. The molecule has 0 aromatic carbocycles. The molecule has 8 aliphatic carbocycles. The molecular weight excluding hydrogens is 581 g/mol. The zero-order chi connectivity index (χ0) is 31.9. The molecule has 2 heteroatoms. The zero-order valence-corrected chi connectivity index (χ0v) is 29.9. The van der Waals surface area contributed by atoms with Crippen molar-refractivity contribution in [3.63, 3.8) is 0 Å². The zero-order valence-electron chi connectivity index (χ0n) is 29.9. The Morgan fingerprint density at radius 3 is 2.17 bits per heavy atom. The van der Waals surface area contributed by atoms with Crippen molar-refractivity contribution in [2.24, 2.45) is 11.8 Å². The van der Waals surface area contributed by atoms with Gasteiger partial charge in [-0.1, -0.05) is 86.6 Å². The monoisotopic (exact) mass is 642 g/mol. The van der Waals surface area contributed by atoms with E-state index in [1.807, 2.05) is 16.7 Å². The minimum absolute atomic E-state index is 0.588. The second-order valence-corrected chi connectivity index (χ2v) is 17.0. The maximum absolute atomic E-state index is 3.11. The van der Waals surface area contributed by atoms with Gasteiger partial charge in [0.15, 0.2) is 0 Å². The van der Waals surface area contributed by atoms with Crippen LogP contribution in [0, 0.1) is 11.8 Å². The first-order valence-corrected chi connectivity index (χ1v) is 21.0. The highest BCUT2D eigenvalue weighted by atomic mass is 15.3. The van der Waals surface area contributed by atoms with Gasteiger partial charge >= 0.3 is 0 Å². The van der Waals surface area contributed by atoms with Gasteiger partial charge in [-0.25, -0.2) is 0 Å². The lowest BCUT2D eigenvalue weighted by atomic mass is 9.69. The lowest BCUT2D eigenvalue weighted by Gasteiger charge is -2.51. The van der Waals surface area contributed by atoms with E-state index in [4.69, 9.17) is 0 Å². The van der Waals surface area contributed by atoms with Crippen molar-refractivity contribution in [2.45, 2.75) is 178 Å². The molecule has 4 unspecified atom stereocenters. The summed E-state index contributed by atoms with van der Waals surface area (Å²) < 4.78 is 0. The molecule has 9 rings (SSSR count). The predicted molar refractivity (Wildman–Crippen MR) is 201 cm³/mol. The van der Waals surface area contributed by atoms with E-state index >= 15 is 0 Å². The third-order valence-corrected chi connectivity index (χ3v) is 14.4. The van der Waals surface area contributed by atoms with E-state index in [1.165, 1.54) is 154 Å². The molecule has 48 heavy (non-hydrogen) atoms. The van der Waals surface area contributed by atoms with Gasteiger partial charge in [0.05, 0.1) is 12.1 Å². The van der Waals surface area contributed by atoms with E-state index in [9.17, 15) is 0 Å². The number of hydrogen-bond donors (Lipinski definition) is 0. The molecule has 0 aromatic heterocycles. The Hall–Kier alpha value is -2.48. The molecule has 0 spiro atoms. The van der Waals surface area contributed by atoms with E-state index in [0.29, 0.717) is 24.0 Å². The Labute approximate surface area is 292 Å². The molecular formula is C46H62N2. The van der Waals surface area contributed by atoms with Crippen molar-refractivity contribution in [2.75, 3.05) is 0 Å². The van der Waals surface area contributed by atoms with Gasteiger partial charge in [0.2, 0.25) is 0 Å². The molecule has 0 aromatic rings. The van der Waals surface area contributed by atoms with Crippen LogP contribution in [-0.2, 0) is 0 Å². The van der Waals surface area contributed by atoms with Gasteiger partial charge in [-0.05, 0) is 155 Å². The highest BCUT2D eigenvalue weighted by molar-refractivity contribution is 5.50. The average molecular weight is 643 g/mol. The van der Waals surface area contributed by atoms with Gasteiger partial charge in [-0.15, -0.1) is 0 Å². The summed E-state index contributed by atoms with van der Waals surface area (Å²) >= 11 is 0. The summed E-state index contributed by atoms with van der Waals surface area (Å²) in [6, 6.07) is 2.66. The molecule has 1 aliphatic heterocycles. The third kappa shape index (κ3) is 5.90. The molecule has 2 nitrogen and oxygen atoms in total. The van der Waals surface area contributed by atoms with Crippen LogP contribution >= 0.6 is 0 Å². The number of likely N-dealkylation sites (tertiary alicyclic amines) is 1. The first kappa shape index (κ1) is 31.5.